The van der Waals surface area contributed by atoms with Crippen molar-refractivity contribution in [2.45, 2.75) is 13.5 Å². The molecule has 0 amide bonds. The van der Waals surface area contributed by atoms with E-state index >= 15 is 0 Å². The van der Waals surface area contributed by atoms with Gasteiger partial charge in [0.2, 0.25) is 0 Å². The minimum absolute atomic E-state index is 0.00586. The fraction of sp³-hybridized carbons (Fsp3) is 0.182. The van der Waals surface area contributed by atoms with E-state index in [0.29, 0.717) is 0 Å². The zero-order valence-electron chi connectivity index (χ0n) is 9.61. The average Bonchev–Trinajstić information content (AvgIpc) is 2.32. The molecule has 0 aliphatic carbocycles. The molecule has 5 nitrogen and oxygen atoms in total. The molecule has 8 heteroatoms. The Morgan fingerprint density at radius 2 is 2.32 bits per heavy atom. The zero-order chi connectivity index (χ0) is 14.2. The third-order valence-corrected chi connectivity index (χ3v) is 3.35. The molecule has 0 bridgehead atoms. The monoisotopic (exact) mass is 348 g/mol. The average molecular weight is 350 g/mol. The summed E-state index contributed by atoms with van der Waals surface area (Å²) in [5.41, 5.74) is -0.222. The molecular formula is C11H7BrClFN2O3. The molecule has 0 spiro atoms. The van der Waals surface area contributed by atoms with E-state index in [-0.39, 0.29) is 27.4 Å². The Bertz CT molecular complexity index is 732. The molecular weight excluding hydrogens is 342 g/mol. The van der Waals surface area contributed by atoms with Crippen LogP contribution in [0.4, 0.5) is 4.39 Å². The summed E-state index contributed by atoms with van der Waals surface area (Å²) in [6.45, 7) is 1.07. The molecule has 19 heavy (non-hydrogen) atoms. The zero-order valence-corrected chi connectivity index (χ0v) is 12.0. The smallest absolute Gasteiger partial charge is 0.303 e. The Kier molecular flexibility index (Phi) is 3.86. The molecule has 0 aromatic carbocycles. The number of pyridine rings is 1. The molecule has 0 aliphatic rings. The number of hydrogen-bond donors (Lipinski definition) is 0. The number of ether oxygens (including phenoxy) is 1. The number of hydrogen-bond acceptors (Lipinski definition) is 4. The van der Waals surface area contributed by atoms with E-state index in [1.54, 1.807) is 0 Å². The van der Waals surface area contributed by atoms with Crippen LogP contribution in [-0.2, 0) is 16.1 Å². The number of fused-ring (bicyclic) bond motifs is 1. The van der Waals surface area contributed by atoms with Gasteiger partial charge in [-0.2, -0.15) is 0 Å². The van der Waals surface area contributed by atoms with Gasteiger partial charge in [0.1, 0.15) is 22.6 Å². The van der Waals surface area contributed by atoms with Gasteiger partial charge in [-0.25, -0.2) is 9.37 Å². The molecule has 0 atom stereocenters. The van der Waals surface area contributed by atoms with Gasteiger partial charge >= 0.3 is 5.97 Å². The second kappa shape index (κ2) is 5.26. The molecule has 2 rings (SSSR count). The standard InChI is InChI=1S/C11H7BrClFN2O3/c1-5(17)19-4-8-9(12)11(18)16-3-6(14)2-7(13)10(16)15-8/h2-3H,4H2,1H3. The predicted octanol–water partition coefficient (Wildman–Crippen LogP) is 2.31. The van der Waals surface area contributed by atoms with Crippen LogP contribution in [0.2, 0.25) is 5.02 Å². The highest BCUT2D eigenvalue weighted by atomic mass is 79.9. The van der Waals surface area contributed by atoms with Crippen molar-refractivity contribution < 1.29 is 13.9 Å². The van der Waals surface area contributed by atoms with Gasteiger partial charge in [-0.1, -0.05) is 11.6 Å². The third-order valence-electron chi connectivity index (χ3n) is 2.27. The van der Waals surface area contributed by atoms with E-state index in [0.717, 1.165) is 16.7 Å². The summed E-state index contributed by atoms with van der Waals surface area (Å²) in [5, 5.41) is -0.00586. The lowest BCUT2D eigenvalue weighted by atomic mass is 10.3. The number of halogens is 3. The van der Waals surface area contributed by atoms with Crippen molar-refractivity contribution in [1.82, 2.24) is 9.38 Å². The number of rotatable bonds is 2. The van der Waals surface area contributed by atoms with Gasteiger partial charge in [0.15, 0.2) is 5.65 Å². The summed E-state index contributed by atoms with van der Waals surface area (Å²) in [4.78, 5) is 26.9. The molecule has 100 valence electrons. The maximum atomic E-state index is 13.2. The summed E-state index contributed by atoms with van der Waals surface area (Å²) < 4.78 is 19.1. The van der Waals surface area contributed by atoms with E-state index < -0.39 is 17.3 Å². The van der Waals surface area contributed by atoms with Gasteiger partial charge < -0.3 is 4.74 Å². The second-order valence-corrected chi connectivity index (χ2v) is 4.86. The van der Waals surface area contributed by atoms with Gasteiger partial charge in [0, 0.05) is 13.1 Å². The first-order valence-electron chi connectivity index (χ1n) is 5.09. The van der Waals surface area contributed by atoms with E-state index in [1.807, 2.05) is 0 Å². The largest absolute Gasteiger partial charge is 0.459 e. The van der Waals surface area contributed by atoms with Gasteiger partial charge in [0.05, 0.1) is 5.02 Å². The first-order chi connectivity index (χ1) is 8.90. The lowest BCUT2D eigenvalue weighted by Crippen LogP contribution is -2.19. The highest BCUT2D eigenvalue weighted by Gasteiger charge is 2.14. The van der Waals surface area contributed by atoms with Crippen LogP contribution < -0.4 is 5.56 Å². The number of nitrogens with zero attached hydrogens (tertiary/aromatic N) is 2. The molecule has 2 aromatic rings. The number of carbonyl (C=O) groups is 1. The van der Waals surface area contributed by atoms with E-state index in [9.17, 15) is 14.0 Å². The fourth-order valence-electron chi connectivity index (χ4n) is 1.46. The Balaban J connectivity index is 2.66. The van der Waals surface area contributed by atoms with Crippen LogP contribution in [0.1, 0.15) is 12.6 Å². The first-order valence-corrected chi connectivity index (χ1v) is 6.26. The van der Waals surface area contributed by atoms with Crippen molar-refractivity contribution in [3.63, 3.8) is 0 Å². The molecule has 0 aliphatic heterocycles. The molecule has 2 heterocycles. The predicted molar refractivity (Wildman–Crippen MR) is 69.6 cm³/mol. The van der Waals surface area contributed by atoms with E-state index in [2.05, 4.69) is 20.9 Å². The first kappa shape index (κ1) is 14.0. The molecule has 0 saturated carbocycles. The van der Waals surface area contributed by atoms with Crippen LogP contribution in [0.3, 0.4) is 0 Å². The highest BCUT2D eigenvalue weighted by Crippen LogP contribution is 2.19. The number of esters is 1. The number of carbonyl (C=O) groups excluding carboxylic acids is 1. The topological polar surface area (TPSA) is 60.7 Å². The third kappa shape index (κ3) is 2.76. The van der Waals surface area contributed by atoms with Crippen molar-refractivity contribution >= 4 is 39.1 Å². The maximum Gasteiger partial charge on any atom is 0.303 e. The Morgan fingerprint density at radius 1 is 1.63 bits per heavy atom. The molecule has 0 fully saturated rings. The SMILES string of the molecule is CC(=O)OCc1nc2c(Cl)cc(F)cn2c(=O)c1Br. The Hall–Kier alpha value is -1.47. The normalized spacial score (nSPS) is 10.7. The summed E-state index contributed by atoms with van der Waals surface area (Å²) in [6, 6.07) is 1.05. The van der Waals surface area contributed by atoms with Crippen molar-refractivity contribution in [3.8, 4) is 0 Å². The number of aromatic nitrogens is 2. The van der Waals surface area contributed by atoms with E-state index in [4.69, 9.17) is 16.3 Å². The van der Waals surface area contributed by atoms with Crippen LogP contribution in [-0.4, -0.2) is 15.4 Å². The van der Waals surface area contributed by atoms with Gasteiger partial charge in [-0.05, 0) is 22.0 Å². The molecule has 0 radical (unpaired) electrons. The van der Waals surface area contributed by atoms with Crippen molar-refractivity contribution in [2.75, 3.05) is 0 Å². The maximum absolute atomic E-state index is 13.2. The quantitative estimate of drug-likeness (QED) is 0.781. The molecule has 0 N–H and O–H groups in total. The lowest BCUT2D eigenvalue weighted by molar-refractivity contribution is -0.142. The summed E-state index contributed by atoms with van der Waals surface area (Å²) in [7, 11) is 0. The van der Waals surface area contributed by atoms with Crippen molar-refractivity contribution in [2.24, 2.45) is 0 Å². The van der Waals surface area contributed by atoms with Crippen LogP contribution in [0.15, 0.2) is 21.5 Å². The summed E-state index contributed by atoms with van der Waals surface area (Å²) >= 11 is 8.88. The van der Waals surface area contributed by atoms with Gasteiger partial charge in [-0.3, -0.25) is 14.0 Å². The molecule has 0 saturated heterocycles. The fourth-order valence-corrected chi connectivity index (χ4v) is 2.09. The minimum Gasteiger partial charge on any atom is -0.459 e. The summed E-state index contributed by atoms with van der Waals surface area (Å²) in [5.74, 6) is -1.15. The minimum atomic E-state index is -0.652. The van der Waals surface area contributed by atoms with E-state index in [1.165, 1.54) is 6.92 Å². The van der Waals surface area contributed by atoms with Gasteiger partial charge in [0.25, 0.3) is 5.56 Å². The molecule has 2 aromatic heterocycles. The van der Waals surface area contributed by atoms with Crippen LogP contribution >= 0.6 is 27.5 Å². The van der Waals surface area contributed by atoms with Crippen LogP contribution in [0, 0.1) is 5.82 Å². The van der Waals surface area contributed by atoms with Crippen molar-refractivity contribution in [1.29, 1.82) is 0 Å². The second-order valence-electron chi connectivity index (χ2n) is 3.66. The van der Waals surface area contributed by atoms with Gasteiger partial charge in [-0.15, -0.1) is 0 Å². The highest BCUT2D eigenvalue weighted by molar-refractivity contribution is 9.10. The van der Waals surface area contributed by atoms with Crippen LogP contribution in [0.5, 0.6) is 0 Å². The van der Waals surface area contributed by atoms with Crippen molar-refractivity contribution in [3.05, 3.63) is 43.6 Å². The Morgan fingerprint density at radius 3 is 2.95 bits per heavy atom. The summed E-state index contributed by atoms with van der Waals surface area (Å²) in [6.07, 6.45) is 0.983. The lowest BCUT2D eigenvalue weighted by Gasteiger charge is -2.08. The van der Waals surface area contributed by atoms with Crippen LogP contribution in [0.25, 0.3) is 5.65 Å². The Labute approximate surface area is 120 Å². The molecule has 0 unspecified atom stereocenters.